The van der Waals surface area contributed by atoms with E-state index in [1.807, 2.05) is 188 Å². The molecule has 0 aliphatic heterocycles. The van der Waals surface area contributed by atoms with Crippen LogP contribution >= 0.6 is 0 Å². The minimum Gasteiger partial charge on any atom is -0.457 e. The molecule has 2 unspecified atom stereocenters. The fourth-order valence-corrected chi connectivity index (χ4v) is 13.0. The summed E-state index contributed by atoms with van der Waals surface area (Å²) >= 11 is 0. The molecule has 116 heavy (non-hydrogen) atoms. The molecule has 0 bridgehead atoms. The van der Waals surface area contributed by atoms with Gasteiger partial charge in [0.25, 0.3) is 22.2 Å². The van der Waals surface area contributed by atoms with Crippen molar-refractivity contribution in [2.45, 2.75) is 132 Å². The summed E-state index contributed by atoms with van der Waals surface area (Å²) in [6.07, 6.45) is 9.98. The number of carbonyl (C=O) groups excluding carboxylic acids is 4. The number of aryl methyl sites for hydroxylation is 2. The van der Waals surface area contributed by atoms with E-state index in [-0.39, 0.29) is 61.5 Å². The van der Waals surface area contributed by atoms with Crippen molar-refractivity contribution in [3.8, 4) is 67.5 Å². The van der Waals surface area contributed by atoms with E-state index in [1.54, 1.807) is 62.4 Å². The number of pyridine rings is 4. The minimum atomic E-state index is -0.542. The number of aromatic nitrogens is 4. The molecule has 20 heteroatoms. The molecule has 12 rings (SSSR count). The van der Waals surface area contributed by atoms with Crippen LogP contribution in [-0.4, -0.2) is 69.3 Å². The molecule has 2 atom stereocenters. The van der Waals surface area contributed by atoms with E-state index >= 15 is 0 Å². The van der Waals surface area contributed by atoms with Crippen LogP contribution in [-0.2, 0) is 51.2 Å². The highest BCUT2D eigenvalue weighted by Crippen LogP contribution is 2.31. The molecule has 0 spiro atoms. The second kappa shape index (κ2) is 43.0. The van der Waals surface area contributed by atoms with Crippen molar-refractivity contribution in [2.75, 3.05) is 27.2 Å². The first kappa shape index (κ1) is 86.6. The van der Waals surface area contributed by atoms with Crippen molar-refractivity contribution in [2.24, 2.45) is 0 Å². The number of unbranched alkanes of at least 4 members (excludes halogenated alkanes) is 2. The maximum absolute atomic E-state index is 13.4. The van der Waals surface area contributed by atoms with E-state index in [4.69, 9.17) is 37.9 Å². The fraction of sp³-hybridized carbons (Fsp3) is 0.250. The average Bonchev–Trinajstić information content (AvgIpc) is 0.784. The Morgan fingerprint density at radius 1 is 0.353 bits per heavy atom. The quantitative estimate of drug-likeness (QED) is 0.0165. The zero-order valence-corrected chi connectivity index (χ0v) is 67.1. The first-order chi connectivity index (χ1) is 56.1. The molecule has 0 saturated carbocycles. The number of para-hydroxylation sites is 4. The van der Waals surface area contributed by atoms with Crippen LogP contribution in [0.25, 0.3) is 88.1 Å². The van der Waals surface area contributed by atoms with Crippen LogP contribution in [0.1, 0.15) is 119 Å². The predicted octanol–water partition coefficient (Wildman–Crippen LogP) is 20.0. The van der Waals surface area contributed by atoms with Gasteiger partial charge in [-0.2, -0.15) is 0 Å². The van der Waals surface area contributed by atoms with Crippen molar-refractivity contribution in [3.05, 3.63) is 309 Å². The molecule has 4 aromatic heterocycles. The smallest absolute Gasteiger partial charge is 0.335 e. The molecular formula is C96H100N4O16. The second-order valence-electron chi connectivity index (χ2n) is 27.6. The van der Waals surface area contributed by atoms with Gasteiger partial charge < -0.3 is 56.2 Å². The number of benzene rings is 8. The lowest BCUT2D eigenvalue weighted by atomic mass is 10.0. The molecule has 0 amide bonds. The largest absolute Gasteiger partial charge is 0.457 e. The first-order valence-corrected chi connectivity index (χ1v) is 38.8. The molecule has 600 valence electrons. The molecule has 8 aromatic carbocycles. The van der Waals surface area contributed by atoms with Crippen LogP contribution in [0.15, 0.2) is 287 Å². The third kappa shape index (κ3) is 23.0. The SMILES string of the molecule is C=C(C)C(=O)OCOc1ccc(-c2cc3ccccc3n(C(C)CCC)c2=O)cc1.C=C(C)C(=O)OCOc1ccc(-c2cc3ccccc3n(CCCC)c2=O)cc1.C=CC(=O)OCOc1ccc(-c2cc3ccccc3n(C(C)CCC)c2=O)cc1.C=CC(=O)OCOc1ccc(-c2cc3ccccc3n(CCCC)c2=O)cc1. The second-order valence-corrected chi connectivity index (χ2v) is 27.6. The molecule has 0 fully saturated rings. The summed E-state index contributed by atoms with van der Waals surface area (Å²) in [6, 6.07) is 68.5. The molecule has 0 N–H and O–H groups in total. The molecule has 0 saturated heterocycles. The monoisotopic (exact) mass is 1560 g/mol. The van der Waals surface area contributed by atoms with Crippen LogP contribution in [0.4, 0.5) is 0 Å². The van der Waals surface area contributed by atoms with Gasteiger partial charge in [-0.25, -0.2) is 19.2 Å². The topological polar surface area (TPSA) is 230 Å². The maximum atomic E-state index is 13.4. The lowest BCUT2D eigenvalue weighted by Gasteiger charge is -2.19. The van der Waals surface area contributed by atoms with Crippen LogP contribution in [0.2, 0.25) is 0 Å². The molecular weight excluding hydrogens is 1470 g/mol. The minimum absolute atomic E-state index is 0.000677. The van der Waals surface area contributed by atoms with Crippen LogP contribution in [0.5, 0.6) is 23.0 Å². The van der Waals surface area contributed by atoms with E-state index in [9.17, 15) is 38.4 Å². The number of ether oxygens (including phenoxy) is 8. The number of carbonyl (C=O) groups is 4. The van der Waals surface area contributed by atoms with Gasteiger partial charge in [-0.15, -0.1) is 0 Å². The van der Waals surface area contributed by atoms with Crippen LogP contribution < -0.4 is 41.2 Å². The van der Waals surface area contributed by atoms with Crippen molar-refractivity contribution in [3.63, 3.8) is 0 Å². The lowest BCUT2D eigenvalue weighted by Crippen LogP contribution is -2.25. The van der Waals surface area contributed by atoms with Gasteiger partial charge in [0.2, 0.25) is 27.2 Å². The van der Waals surface area contributed by atoms with Gasteiger partial charge in [0.1, 0.15) is 23.0 Å². The number of nitrogens with zero attached hydrogens (tertiary/aromatic N) is 4. The molecule has 0 aliphatic rings. The maximum Gasteiger partial charge on any atom is 0.335 e. The highest BCUT2D eigenvalue weighted by molar-refractivity contribution is 5.90. The van der Waals surface area contributed by atoms with E-state index in [1.165, 1.54) is 0 Å². The Labute approximate surface area is 675 Å². The van der Waals surface area contributed by atoms with Crippen molar-refractivity contribution >= 4 is 67.5 Å². The summed E-state index contributed by atoms with van der Waals surface area (Å²) < 4.78 is 48.6. The summed E-state index contributed by atoms with van der Waals surface area (Å²) in [5.74, 6) is 0.123. The van der Waals surface area contributed by atoms with Crippen molar-refractivity contribution in [1.29, 1.82) is 0 Å². The van der Waals surface area contributed by atoms with Crippen LogP contribution in [0.3, 0.4) is 0 Å². The Balaban J connectivity index is 0.000000177. The van der Waals surface area contributed by atoms with Crippen molar-refractivity contribution < 1.29 is 57.1 Å². The highest BCUT2D eigenvalue weighted by Gasteiger charge is 2.20. The summed E-state index contributed by atoms with van der Waals surface area (Å²) in [5, 5.41) is 4.12. The van der Waals surface area contributed by atoms with Gasteiger partial charge >= 0.3 is 23.9 Å². The summed E-state index contributed by atoms with van der Waals surface area (Å²) in [7, 11) is 0. The molecule has 12 aromatic rings. The first-order valence-electron chi connectivity index (χ1n) is 38.8. The summed E-state index contributed by atoms with van der Waals surface area (Å²) in [6.45, 7) is 30.1. The number of esters is 4. The predicted molar refractivity (Wildman–Crippen MR) is 460 cm³/mol. The van der Waals surface area contributed by atoms with Crippen LogP contribution in [0, 0.1) is 0 Å². The van der Waals surface area contributed by atoms with Gasteiger partial charge in [0, 0.05) is 70.7 Å². The van der Waals surface area contributed by atoms with E-state index < -0.39 is 23.9 Å². The third-order valence-electron chi connectivity index (χ3n) is 19.0. The van der Waals surface area contributed by atoms with E-state index in [2.05, 4.69) is 67.9 Å². The zero-order chi connectivity index (χ0) is 83.2. The standard InChI is InChI=1S/C25H27NO4.2C24H25NO4.C23H23NO4/c1-5-8-18(4)26-23-10-7-6-9-20(23)15-22(24(26)27)19-11-13-21(14-12-19)29-16-30-25(28)17(2)3;1-4-5-14-25-22-9-7-6-8-19(22)15-21(23(25)26)18-10-12-20(13-11-18)28-16-29-24(27)17(2)3;1-4-8-17(3)25-22-10-7-6-9-19(22)15-21(24(25)27)18-11-13-20(14-12-18)28-16-29-23(26)5-2;1-3-5-14-24-21-9-7-6-8-18(21)15-20(23(24)26)17-10-12-19(13-11-17)27-16-28-22(25)4-2/h6-7,9-15,18H,2,5,8,16H2,1,3-4H3;6-13,15H,2,4-5,14,16H2,1,3H3;5-7,9-15,17H,2,4,8,16H2,1,3H3;4,6-13,15H,2-3,5,14,16H2,1H3. The third-order valence-corrected chi connectivity index (χ3v) is 19.0. The van der Waals surface area contributed by atoms with Gasteiger partial charge in [-0.05, 0) is 194 Å². The summed E-state index contributed by atoms with van der Waals surface area (Å²) in [4.78, 5) is 97.9. The van der Waals surface area contributed by atoms with Gasteiger partial charge in [0.15, 0.2) is 0 Å². The lowest BCUT2D eigenvalue weighted by molar-refractivity contribution is -0.146. The Bertz CT molecular complexity index is 5700. The average molecular weight is 1570 g/mol. The van der Waals surface area contributed by atoms with Crippen molar-refractivity contribution in [1.82, 2.24) is 18.3 Å². The van der Waals surface area contributed by atoms with E-state index in [0.29, 0.717) is 69.5 Å². The fourth-order valence-electron chi connectivity index (χ4n) is 13.0. The Kier molecular flexibility index (Phi) is 32.1. The molecule has 4 heterocycles. The summed E-state index contributed by atoms with van der Waals surface area (Å²) in [5.41, 5.74) is 10.3. The van der Waals surface area contributed by atoms with Gasteiger partial charge in [0.05, 0.1) is 22.1 Å². The van der Waals surface area contributed by atoms with Gasteiger partial charge in [-0.1, -0.05) is 201 Å². The van der Waals surface area contributed by atoms with E-state index in [0.717, 1.165) is 129 Å². The van der Waals surface area contributed by atoms with Gasteiger partial charge in [-0.3, -0.25) is 19.2 Å². The number of fused-ring (bicyclic) bond motifs is 4. The Morgan fingerprint density at radius 3 is 0.879 bits per heavy atom. The Morgan fingerprint density at radius 2 is 0.612 bits per heavy atom. The zero-order valence-electron chi connectivity index (χ0n) is 67.1. The number of rotatable bonds is 32. The molecule has 20 nitrogen and oxygen atoms in total. The number of hydrogen-bond acceptors (Lipinski definition) is 16. The normalized spacial score (nSPS) is 11.2. The molecule has 0 radical (unpaired) electrons. The Hall–Kier alpha value is -13.4. The number of hydrogen-bond donors (Lipinski definition) is 0. The molecule has 0 aliphatic carbocycles. The highest BCUT2D eigenvalue weighted by atomic mass is 16.7.